The van der Waals surface area contributed by atoms with Gasteiger partial charge in [0.2, 0.25) is 5.91 Å². The quantitative estimate of drug-likeness (QED) is 0.676. The molecule has 0 spiro atoms. The molecule has 0 unspecified atom stereocenters. The molecule has 1 saturated heterocycles. The summed E-state index contributed by atoms with van der Waals surface area (Å²) in [6.07, 6.45) is 5.91. The van der Waals surface area contributed by atoms with Crippen LogP contribution in [0.25, 0.3) is 6.08 Å². The summed E-state index contributed by atoms with van der Waals surface area (Å²) < 4.78 is 24.6. The van der Waals surface area contributed by atoms with Crippen LogP contribution in [-0.2, 0) is 16.0 Å². The van der Waals surface area contributed by atoms with Crippen LogP contribution in [0, 0.1) is 5.82 Å². The normalized spacial score (nSPS) is 15.1. The smallest absolute Gasteiger partial charge is 0.246 e. The Morgan fingerprint density at radius 1 is 1.18 bits per heavy atom. The van der Waals surface area contributed by atoms with Gasteiger partial charge in [0.05, 0.1) is 19.8 Å². The molecule has 0 aromatic heterocycles. The molecule has 2 aromatic rings. The van der Waals surface area contributed by atoms with E-state index in [4.69, 9.17) is 9.47 Å². The van der Waals surface area contributed by atoms with Crippen molar-refractivity contribution in [2.24, 2.45) is 0 Å². The number of hydrogen-bond donors (Lipinski definition) is 0. The lowest BCUT2D eigenvalue weighted by Crippen LogP contribution is -2.40. The lowest BCUT2D eigenvalue weighted by atomic mass is 10.1. The molecule has 0 radical (unpaired) electrons. The highest BCUT2D eigenvalue weighted by Gasteiger charge is 2.21. The first-order chi connectivity index (χ1) is 13.7. The van der Waals surface area contributed by atoms with E-state index in [1.807, 2.05) is 23.1 Å². The highest BCUT2D eigenvalue weighted by atomic mass is 19.1. The zero-order chi connectivity index (χ0) is 19.8. The van der Waals surface area contributed by atoms with E-state index in [9.17, 15) is 9.18 Å². The number of halogens is 1. The molecule has 1 fully saturated rings. The van der Waals surface area contributed by atoms with Crippen LogP contribution in [0.3, 0.4) is 0 Å². The number of hydrogen-bond acceptors (Lipinski definition) is 3. The van der Waals surface area contributed by atoms with Gasteiger partial charge in [-0.3, -0.25) is 4.79 Å². The number of nitrogens with zero attached hydrogens (tertiary/aromatic N) is 1. The van der Waals surface area contributed by atoms with Crippen molar-refractivity contribution in [3.63, 3.8) is 0 Å². The minimum absolute atomic E-state index is 0.0565. The van der Waals surface area contributed by atoms with Crippen LogP contribution in [0.15, 0.2) is 54.6 Å². The molecule has 3 rings (SSSR count). The van der Waals surface area contributed by atoms with Crippen molar-refractivity contribution in [3.8, 4) is 5.75 Å². The minimum Gasteiger partial charge on any atom is -0.494 e. The average Bonchev–Trinajstić information content (AvgIpc) is 2.73. The Kier molecular flexibility index (Phi) is 7.20. The maximum atomic E-state index is 13.7. The van der Waals surface area contributed by atoms with Crippen LogP contribution in [0.4, 0.5) is 4.39 Å². The minimum atomic E-state index is -0.439. The van der Waals surface area contributed by atoms with Gasteiger partial charge in [0.25, 0.3) is 0 Å². The number of benzene rings is 2. The monoisotopic (exact) mass is 383 g/mol. The molecule has 1 aliphatic heterocycles. The molecule has 4 nitrogen and oxygen atoms in total. The third-order valence-corrected chi connectivity index (χ3v) is 4.93. The van der Waals surface area contributed by atoms with Crippen molar-refractivity contribution in [2.75, 3.05) is 26.8 Å². The summed E-state index contributed by atoms with van der Waals surface area (Å²) in [7, 11) is 1.42. The third kappa shape index (κ3) is 5.67. The molecular weight excluding hydrogens is 357 g/mol. The van der Waals surface area contributed by atoms with E-state index in [0.717, 1.165) is 19.3 Å². The van der Waals surface area contributed by atoms with Crippen LogP contribution in [0.5, 0.6) is 5.75 Å². The summed E-state index contributed by atoms with van der Waals surface area (Å²) in [6, 6.07) is 14.9. The van der Waals surface area contributed by atoms with E-state index in [1.165, 1.54) is 24.8 Å². The Bertz CT molecular complexity index is 799. The van der Waals surface area contributed by atoms with Gasteiger partial charge < -0.3 is 14.4 Å². The van der Waals surface area contributed by atoms with Crippen molar-refractivity contribution in [2.45, 2.75) is 25.4 Å². The van der Waals surface area contributed by atoms with Crippen LogP contribution in [0.2, 0.25) is 0 Å². The van der Waals surface area contributed by atoms with E-state index in [0.29, 0.717) is 25.3 Å². The fourth-order valence-electron chi connectivity index (χ4n) is 3.29. The van der Waals surface area contributed by atoms with Gasteiger partial charge in [-0.1, -0.05) is 36.4 Å². The summed E-state index contributed by atoms with van der Waals surface area (Å²) in [5.74, 6) is -0.303. The van der Waals surface area contributed by atoms with Gasteiger partial charge >= 0.3 is 0 Å². The second kappa shape index (κ2) is 10.0. The highest BCUT2D eigenvalue weighted by molar-refractivity contribution is 5.91. The van der Waals surface area contributed by atoms with Crippen LogP contribution in [-0.4, -0.2) is 43.7 Å². The predicted octanol–water partition coefficient (Wildman–Crippen LogP) is 4.10. The number of piperidine rings is 1. The Labute approximate surface area is 165 Å². The van der Waals surface area contributed by atoms with E-state index >= 15 is 0 Å². The first-order valence-corrected chi connectivity index (χ1v) is 9.62. The first-order valence-electron chi connectivity index (χ1n) is 9.62. The fourth-order valence-corrected chi connectivity index (χ4v) is 3.29. The molecule has 0 saturated carbocycles. The summed E-state index contributed by atoms with van der Waals surface area (Å²) >= 11 is 0. The number of carbonyl (C=O) groups excluding carboxylic acids is 1. The van der Waals surface area contributed by atoms with Gasteiger partial charge in [-0.2, -0.15) is 0 Å². The fraction of sp³-hybridized carbons (Fsp3) is 0.348. The lowest BCUT2D eigenvalue weighted by Gasteiger charge is -2.31. The van der Waals surface area contributed by atoms with E-state index in [-0.39, 0.29) is 17.8 Å². The van der Waals surface area contributed by atoms with Gasteiger partial charge in [-0.25, -0.2) is 4.39 Å². The largest absolute Gasteiger partial charge is 0.494 e. The third-order valence-electron chi connectivity index (χ3n) is 4.93. The van der Waals surface area contributed by atoms with Crippen LogP contribution in [0.1, 0.15) is 24.0 Å². The number of amides is 1. The van der Waals surface area contributed by atoms with Crippen molar-refractivity contribution in [3.05, 3.63) is 71.6 Å². The van der Waals surface area contributed by atoms with Crippen molar-refractivity contribution < 1.29 is 18.7 Å². The number of carbonyl (C=O) groups is 1. The van der Waals surface area contributed by atoms with E-state index in [1.54, 1.807) is 18.2 Å². The molecule has 1 heterocycles. The molecule has 0 N–H and O–H groups in total. The standard InChI is InChI=1S/C23H26FNO3/c1-27-22-9-7-19(17-21(22)24)8-10-23(26)25-14-11-20(12-15-25)28-16-13-18-5-3-2-4-6-18/h2-10,17,20H,11-16H2,1H3. The summed E-state index contributed by atoms with van der Waals surface area (Å²) in [5.41, 5.74) is 1.90. The number of likely N-dealkylation sites (tertiary alicyclic amines) is 1. The molecule has 5 heteroatoms. The van der Waals surface area contributed by atoms with Gasteiger partial charge in [-0.05, 0) is 48.6 Å². The zero-order valence-electron chi connectivity index (χ0n) is 16.1. The summed E-state index contributed by atoms with van der Waals surface area (Å²) in [5, 5.41) is 0. The van der Waals surface area contributed by atoms with Gasteiger partial charge in [0.1, 0.15) is 0 Å². The van der Waals surface area contributed by atoms with E-state index in [2.05, 4.69) is 12.1 Å². The molecule has 148 valence electrons. The van der Waals surface area contributed by atoms with Crippen LogP contribution >= 0.6 is 0 Å². The van der Waals surface area contributed by atoms with Crippen molar-refractivity contribution in [1.82, 2.24) is 4.90 Å². The van der Waals surface area contributed by atoms with Crippen molar-refractivity contribution >= 4 is 12.0 Å². The van der Waals surface area contributed by atoms with Gasteiger partial charge in [0.15, 0.2) is 11.6 Å². The first kappa shape index (κ1) is 20.1. The molecule has 1 amide bonds. The van der Waals surface area contributed by atoms with Crippen molar-refractivity contribution in [1.29, 1.82) is 0 Å². The number of methoxy groups -OCH3 is 1. The molecule has 28 heavy (non-hydrogen) atoms. The Morgan fingerprint density at radius 2 is 1.93 bits per heavy atom. The Hall–Kier alpha value is -2.66. The zero-order valence-corrected chi connectivity index (χ0v) is 16.1. The number of ether oxygens (including phenoxy) is 2. The maximum Gasteiger partial charge on any atom is 0.246 e. The molecule has 2 aromatic carbocycles. The summed E-state index contributed by atoms with van der Waals surface area (Å²) in [4.78, 5) is 14.2. The van der Waals surface area contributed by atoms with E-state index < -0.39 is 5.82 Å². The van der Waals surface area contributed by atoms with Crippen LogP contribution < -0.4 is 4.74 Å². The molecule has 0 bridgehead atoms. The second-order valence-corrected chi connectivity index (χ2v) is 6.86. The molecule has 1 aliphatic rings. The Balaban J connectivity index is 1.41. The summed E-state index contributed by atoms with van der Waals surface area (Å²) in [6.45, 7) is 2.05. The Morgan fingerprint density at radius 3 is 2.61 bits per heavy atom. The topological polar surface area (TPSA) is 38.8 Å². The molecule has 0 aliphatic carbocycles. The SMILES string of the molecule is COc1ccc(C=CC(=O)N2CCC(OCCc3ccccc3)CC2)cc1F. The highest BCUT2D eigenvalue weighted by Crippen LogP contribution is 2.19. The second-order valence-electron chi connectivity index (χ2n) is 6.86. The molecule has 0 atom stereocenters. The lowest BCUT2D eigenvalue weighted by molar-refractivity contribution is -0.128. The van der Waals surface area contributed by atoms with Gasteiger partial charge in [-0.15, -0.1) is 0 Å². The van der Waals surface area contributed by atoms with Gasteiger partial charge in [0, 0.05) is 19.2 Å². The average molecular weight is 383 g/mol. The number of rotatable bonds is 7. The maximum absolute atomic E-state index is 13.7. The predicted molar refractivity (Wildman–Crippen MR) is 108 cm³/mol. The molecular formula is C23H26FNO3.